The number of rotatable bonds is 5. The Hall–Kier alpha value is -8.67. The minimum absolute atomic E-state index is 0.0463. The molecule has 0 saturated heterocycles. The van der Waals surface area contributed by atoms with Crippen LogP contribution in [0.1, 0.15) is 69.7 Å². The summed E-state index contributed by atoms with van der Waals surface area (Å²) in [5.41, 5.74) is 21.5. The van der Waals surface area contributed by atoms with E-state index in [0.29, 0.717) is 0 Å². The Bertz CT molecular complexity index is 4260. The standard InChI is InChI=1S/C71H57N4O/c1-69(2,3)49-36-37-72-61(42-49)74-55-34-32-46(43-20-10-7-11-21-43)41-54(55)53-33-35-59-62(67(53)74)64-65-68-73(58-30-19-31-60(76-59)63(58)71(64,65)72)56-28-16-17-29-57(56)75(68)66-51(45-24-14-9-15-25-45)26-18-27-52(66)48-38-47(44-22-12-8-13-23-44)39-50(40-48)70(4,5)6/h7-42,64-65,68H,1-6H3/q+1. The summed E-state index contributed by atoms with van der Waals surface area (Å²) < 4.78 is 12.7. The van der Waals surface area contributed by atoms with E-state index < -0.39 is 5.54 Å². The molecular formula is C71H57N4O+. The van der Waals surface area contributed by atoms with Crippen molar-refractivity contribution in [2.75, 3.05) is 9.80 Å². The topological polar surface area (TPSA) is 24.5 Å². The van der Waals surface area contributed by atoms with Crippen molar-refractivity contribution in [2.45, 2.75) is 70.0 Å². The molecule has 1 fully saturated rings. The Kier molecular flexibility index (Phi) is 8.76. The molecule has 5 heteroatoms. The van der Waals surface area contributed by atoms with E-state index in [-0.39, 0.29) is 28.8 Å². The molecule has 4 atom stereocenters. The summed E-state index contributed by atoms with van der Waals surface area (Å²) in [7, 11) is 0. The third-order valence-electron chi connectivity index (χ3n) is 17.7. The average Bonchev–Trinajstić information content (AvgIpc) is 4.17. The fraction of sp³-hybridized carbons (Fsp3) is 0.169. The van der Waals surface area contributed by atoms with E-state index in [9.17, 15) is 0 Å². The second-order valence-electron chi connectivity index (χ2n) is 23.9. The van der Waals surface area contributed by atoms with Crippen molar-refractivity contribution in [3.63, 3.8) is 0 Å². The van der Waals surface area contributed by atoms with Gasteiger partial charge in [0, 0.05) is 28.0 Å². The molecule has 16 rings (SSSR count). The maximum Gasteiger partial charge on any atom is 0.287 e. The molecule has 6 heterocycles. The first-order chi connectivity index (χ1) is 37.0. The number of anilines is 4. The van der Waals surface area contributed by atoms with Gasteiger partial charge in [0.25, 0.3) is 5.82 Å². The second kappa shape index (κ2) is 15.2. The lowest BCUT2D eigenvalue weighted by Gasteiger charge is -2.41. The number of hydrogen-bond donors (Lipinski definition) is 0. The van der Waals surface area contributed by atoms with Crippen molar-refractivity contribution < 1.29 is 9.30 Å². The maximum atomic E-state index is 7.43. The molecule has 2 bridgehead atoms. The molecule has 1 saturated carbocycles. The molecule has 1 spiro atoms. The lowest BCUT2D eigenvalue weighted by atomic mass is 9.82. The number of benzene rings is 9. The van der Waals surface area contributed by atoms with Crippen molar-refractivity contribution in [1.29, 1.82) is 0 Å². The van der Waals surface area contributed by atoms with Gasteiger partial charge in [-0.2, -0.15) is 4.57 Å². The van der Waals surface area contributed by atoms with Gasteiger partial charge in [-0.05, 0) is 116 Å². The van der Waals surface area contributed by atoms with E-state index in [1.165, 1.54) is 117 Å². The molecule has 2 aromatic heterocycles. The van der Waals surface area contributed by atoms with Gasteiger partial charge in [0.15, 0.2) is 5.54 Å². The van der Waals surface area contributed by atoms with Crippen LogP contribution in [-0.4, -0.2) is 10.7 Å². The van der Waals surface area contributed by atoms with E-state index in [1.54, 1.807) is 0 Å². The zero-order valence-electron chi connectivity index (χ0n) is 43.7. The van der Waals surface area contributed by atoms with E-state index >= 15 is 0 Å². The smallest absolute Gasteiger partial charge is 0.287 e. The first-order valence-electron chi connectivity index (χ1n) is 27.1. The van der Waals surface area contributed by atoms with E-state index in [4.69, 9.17) is 4.74 Å². The Morgan fingerprint density at radius 3 is 1.79 bits per heavy atom. The zero-order chi connectivity index (χ0) is 51.0. The SMILES string of the molecule is CC(C)(C)c1cc(-c2ccccc2)cc(-c2cccc(-c3ccccc3)c2N2c3ccccc3N3c4cccc5c4C46C(c7c(ccc8c9cc(-c%10ccccc%10)ccc9n(c78)-c7cc(C(C)(C)C)cc[n+]74)O5)C6C32)c1. The van der Waals surface area contributed by atoms with Crippen molar-refractivity contribution in [3.8, 4) is 61.8 Å². The fourth-order valence-electron chi connectivity index (χ4n) is 14.3. The van der Waals surface area contributed by atoms with E-state index in [2.05, 4.69) is 279 Å². The summed E-state index contributed by atoms with van der Waals surface area (Å²) in [6, 6.07) is 79.8. The highest BCUT2D eigenvalue weighted by molar-refractivity contribution is 6.13. The van der Waals surface area contributed by atoms with Gasteiger partial charge in [0.1, 0.15) is 28.7 Å². The number of hydrogen-bond acceptors (Lipinski definition) is 3. The van der Waals surface area contributed by atoms with Crippen LogP contribution >= 0.6 is 0 Å². The molecule has 5 aliphatic rings. The van der Waals surface area contributed by atoms with E-state index in [0.717, 1.165) is 11.5 Å². The molecule has 1 aliphatic carbocycles. The van der Waals surface area contributed by atoms with Gasteiger partial charge < -0.3 is 14.5 Å². The first-order valence-corrected chi connectivity index (χ1v) is 27.1. The van der Waals surface area contributed by atoms with Crippen LogP contribution in [0.4, 0.5) is 22.7 Å². The van der Waals surface area contributed by atoms with Crippen molar-refractivity contribution in [1.82, 2.24) is 4.57 Å². The highest BCUT2D eigenvalue weighted by atomic mass is 16.5. The van der Waals surface area contributed by atoms with Crippen LogP contribution in [-0.2, 0) is 16.4 Å². The molecular weight excluding hydrogens is 925 g/mol. The van der Waals surface area contributed by atoms with Crippen LogP contribution < -0.4 is 19.1 Å². The lowest BCUT2D eigenvalue weighted by Crippen LogP contribution is -2.58. The molecule has 0 amide bonds. The Balaban J connectivity index is 1.02. The van der Waals surface area contributed by atoms with Crippen molar-refractivity contribution >= 4 is 44.6 Å². The normalized spacial score (nSPS) is 19.2. The third-order valence-corrected chi connectivity index (χ3v) is 17.7. The van der Waals surface area contributed by atoms with Crippen LogP contribution in [0.5, 0.6) is 11.5 Å². The maximum absolute atomic E-state index is 7.43. The van der Waals surface area contributed by atoms with Gasteiger partial charge >= 0.3 is 0 Å². The second-order valence-corrected chi connectivity index (χ2v) is 23.9. The van der Waals surface area contributed by atoms with Crippen LogP contribution in [0.15, 0.2) is 219 Å². The molecule has 0 radical (unpaired) electrons. The minimum Gasteiger partial charge on any atom is -0.456 e. The van der Waals surface area contributed by atoms with Crippen LogP contribution in [0, 0.1) is 5.92 Å². The summed E-state index contributed by atoms with van der Waals surface area (Å²) >= 11 is 0. The fourth-order valence-corrected chi connectivity index (χ4v) is 14.3. The Morgan fingerprint density at radius 2 is 1.08 bits per heavy atom. The molecule has 11 aromatic rings. The number of nitrogens with zero attached hydrogens (tertiary/aromatic N) is 4. The molecule has 76 heavy (non-hydrogen) atoms. The third kappa shape index (κ3) is 5.83. The van der Waals surface area contributed by atoms with Crippen molar-refractivity contribution in [2.24, 2.45) is 5.92 Å². The number of para-hydroxylation sites is 3. The van der Waals surface area contributed by atoms with Crippen LogP contribution in [0.25, 0.3) is 72.1 Å². The summed E-state index contributed by atoms with van der Waals surface area (Å²) in [5, 5.41) is 2.50. The predicted octanol–water partition coefficient (Wildman–Crippen LogP) is 17.5. The van der Waals surface area contributed by atoms with Crippen LogP contribution in [0.3, 0.4) is 0 Å². The monoisotopic (exact) mass is 981 g/mol. The molecule has 366 valence electrons. The summed E-state index contributed by atoms with van der Waals surface area (Å²) in [5.74, 6) is 3.20. The highest BCUT2D eigenvalue weighted by Gasteiger charge is 2.82. The molecule has 4 aliphatic heterocycles. The molecule has 4 unspecified atom stereocenters. The number of fused-ring (bicyclic) bond motifs is 10. The van der Waals surface area contributed by atoms with Gasteiger partial charge in [-0.15, -0.1) is 0 Å². The Labute approximate surface area is 444 Å². The van der Waals surface area contributed by atoms with Gasteiger partial charge in [-0.25, -0.2) is 4.57 Å². The minimum atomic E-state index is -0.511. The quantitative estimate of drug-likeness (QED) is 0.161. The number of aromatic nitrogens is 2. The van der Waals surface area contributed by atoms with E-state index in [1.807, 2.05) is 0 Å². The Morgan fingerprint density at radius 1 is 0.461 bits per heavy atom. The summed E-state index contributed by atoms with van der Waals surface area (Å²) in [6.07, 6.45) is 2.32. The highest BCUT2D eigenvalue weighted by Crippen LogP contribution is 2.78. The van der Waals surface area contributed by atoms with Crippen LogP contribution in [0.2, 0.25) is 0 Å². The summed E-state index contributed by atoms with van der Waals surface area (Å²) in [4.78, 5) is 5.48. The lowest BCUT2D eigenvalue weighted by molar-refractivity contribution is -0.728. The van der Waals surface area contributed by atoms with Gasteiger partial charge in [-0.3, -0.25) is 0 Å². The number of ether oxygens (including phenoxy) is 1. The van der Waals surface area contributed by atoms with Crippen molar-refractivity contribution in [3.05, 3.63) is 241 Å². The van der Waals surface area contributed by atoms with Gasteiger partial charge in [0.05, 0.1) is 51.9 Å². The predicted molar refractivity (Wildman–Crippen MR) is 311 cm³/mol. The zero-order valence-corrected chi connectivity index (χ0v) is 43.7. The molecule has 0 N–H and O–H groups in total. The van der Waals surface area contributed by atoms with Gasteiger partial charge in [-0.1, -0.05) is 187 Å². The first kappa shape index (κ1) is 43.7. The largest absolute Gasteiger partial charge is 0.456 e. The molecule has 5 nitrogen and oxygen atoms in total. The van der Waals surface area contributed by atoms with Gasteiger partial charge in [0.2, 0.25) is 0 Å². The molecule has 9 aromatic carbocycles. The number of pyridine rings is 1. The average molecular weight is 982 g/mol. The summed E-state index contributed by atoms with van der Waals surface area (Å²) in [6.45, 7) is 14.0.